The van der Waals surface area contributed by atoms with Crippen LogP contribution in [0.15, 0.2) is 4.42 Å². The third-order valence-electron chi connectivity index (χ3n) is 4.00. The Morgan fingerprint density at radius 2 is 1.76 bits per heavy atom. The second-order valence-electron chi connectivity index (χ2n) is 5.79. The third-order valence-corrected chi connectivity index (χ3v) is 4.00. The van der Waals surface area contributed by atoms with E-state index in [1.807, 2.05) is 0 Å². The summed E-state index contributed by atoms with van der Waals surface area (Å²) in [4.78, 5) is 0. The minimum absolute atomic E-state index is 0.319. The van der Waals surface area contributed by atoms with Gasteiger partial charge in [-0.25, -0.2) is 0 Å². The average molecular weight is 295 g/mol. The summed E-state index contributed by atoms with van der Waals surface area (Å²) in [5.41, 5.74) is 5.43. The van der Waals surface area contributed by atoms with Gasteiger partial charge in [0.2, 0.25) is 11.8 Å². The number of nitrogens with zero attached hydrogens (tertiary/aromatic N) is 2. The van der Waals surface area contributed by atoms with Gasteiger partial charge in [-0.1, -0.05) is 19.3 Å². The van der Waals surface area contributed by atoms with Crippen LogP contribution in [0.4, 0.5) is 0 Å². The van der Waals surface area contributed by atoms with Gasteiger partial charge >= 0.3 is 0 Å². The van der Waals surface area contributed by atoms with Crippen molar-refractivity contribution in [2.24, 2.45) is 5.73 Å². The Balaban J connectivity index is 1.39. The predicted octanol–water partition coefficient (Wildman–Crippen LogP) is 1.36. The molecule has 1 fully saturated rings. The molecule has 1 aromatic rings. The molecule has 0 spiro atoms. The molecule has 4 N–H and O–H groups in total. The highest BCUT2D eigenvalue weighted by atomic mass is 16.4. The maximum atomic E-state index is 5.43. The van der Waals surface area contributed by atoms with Gasteiger partial charge in [-0.2, -0.15) is 0 Å². The van der Waals surface area contributed by atoms with Gasteiger partial charge in [0, 0.05) is 12.5 Å². The highest BCUT2D eigenvalue weighted by Crippen LogP contribution is 2.17. The number of aryl methyl sites for hydroxylation is 1. The number of nitrogens with one attached hydrogen (secondary N) is 2. The number of nitrogens with two attached hydrogens (primary N) is 1. The molecule has 0 atom stereocenters. The van der Waals surface area contributed by atoms with Crippen LogP contribution in [-0.2, 0) is 13.0 Å². The topological polar surface area (TPSA) is 89.0 Å². The molecule has 2 rings (SSSR count). The van der Waals surface area contributed by atoms with E-state index in [9.17, 15) is 0 Å². The average Bonchev–Trinajstić information content (AvgIpc) is 2.99. The second-order valence-corrected chi connectivity index (χ2v) is 5.79. The highest BCUT2D eigenvalue weighted by molar-refractivity contribution is 4.81. The molecule has 21 heavy (non-hydrogen) atoms. The Labute approximate surface area is 127 Å². The Morgan fingerprint density at radius 1 is 1.00 bits per heavy atom. The summed E-state index contributed by atoms with van der Waals surface area (Å²) in [6.07, 6.45) is 9.98. The zero-order chi connectivity index (χ0) is 14.8. The first-order chi connectivity index (χ1) is 10.4. The zero-order valence-electron chi connectivity index (χ0n) is 12.9. The number of aromatic nitrogens is 2. The molecule has 1 heterocycles. The Kier molecular flexibility index (Phi) is 7.70. The molecule has 6 nitrogen and oxygen atoms in total. The van der Waals surface area contributed by atoms with Gasteiger partial charge in [-0.3, -0.25) is 0 Å². The van der Waals surface area contributed by atoms with Gasteiger partial charge in [0.25, 0.3) is 0 Å². The van der Waals surface area contributed by atoms with Crippen LogP contribution in [0.2, 0.25) is 0 Å². The van der Waals surface area contributed by atoms with Crippen LogP contribution in [-0.4, -0.2) is 35.9 Å². The molecule has 120 valence electrons. The van der Waals surface area contributed by atoms with E-state index in [-0.39, 0.29) is 0 Å². The van der Waals surface area contributed by atoms with Crippen LogP contribution in [0.5, 0.6) is 0 Å². The maximum Gasteiger partial charge on any atom is 0.230 e. The second kappa shape index (κ2) is 9.87. The predicted molar refractivity (Wildman–Crippen MR) is 82.9 cm³/mol. The molecule has 1 aromatic heterocycles. The summed E-state index contributed by atoms with van der Waals surface area (Å²) in [6, 6.07) is 0.771. The van der Waals surface area contributed by atoms with Crippen molar-refractivity contribution < 1.29 is 4.42 Å². The van der Waals surface area contributed by atoms with Crippen molar-refractivity contribution in [3.63, 3.8) is 0 Å². The van der Waals surface area contributed by atoms with Crippen molar-refractivity contribution in [3.8, 4) is 0 Å². The van der Waals surface area contributed by atoms with Gasteiger partial charge < -0.3 is 20.8 Å². The highest BCUT2D eigenvalue weighted by Gasteiger charge is 2.11. The van der Waals surface area contributed by atoms with E-state index in [2.05, 4.69) is 20.8 Å². The molecular weight excluding hydrogens is 266 g/mol. The Hall–Kier alpha value is -0.980. The quantitative estimate of drug-likeness (QED) is 0.565. The summed E-state index contributed by atoms with van der Waals surface area (Å²) in [7, 11) is 0. The molecule has 0 saturated heterocycles. The Bertz CT molecular complexity index is 376. The SMILES string of the molecule is NCc1nnc(CCCNCCCNC2CCCCC2)o1. The summed E-state index contributed by atoms with van der Waals surface area (Å²) in [6.45, 7) is 3.50. The lowest BCUT2D eigenvalue weighted by molar-refractivity contribution is 0.371. The fourth-order valence-corrected chi connectivity index (χ4v) is 2.79. The summed E-state index contributed by atoms with van der Waals surface area (Å²) in [5.74, 6) is 1.21. The van der Waals surface area contributed by atoms with Gasteiger partial charge in [-0.05, 0) is 45.3 Å². The standard InChI is InChI=1S/C15H29N5O/c16-12-15-20-19-14(21-15)8-4-9-17-10-5-11-18-13-6-2-1-3-7-13/h13,17-18H,1-12,16H2. The van der Waals surface area contributed by atoms with Crippen LogP contribution in [0.25, 0.3) is 0 Å². The summed E-state index contributed by atoms with van der Waals surface area (Å²) < 4.78 is 5.36. The lowest BCUT2D eigenvalue weighted by Gasteiger charge is -2.22. The molecule has 1 saturated carbocycles. The summed E-state index contributed by atoms with van der Waals surface area (Å²) >= 11 is 0. The molecule has 1 aliphatic carbocycles. The van der Waals surface area contributed by atoms with Gasteiger partial charge in [0.05, 0.1) is 6.54 Å². The lowest BCUT2D eigenvalue weighted by atomic mass is 9.95. The van der Waals surface area contributed by atoms with Crippen LogP contribution in [0, 0.1) is 0 Å². The fraction of sp³-hybridized carbons (Fsp3) is 0.867. The molecular formula is C15H29N5O. The van der Waals surface area contributed by atoms with E-state index in [4.69, 9.17) is 10.2 Å². The fourth-order valence-electron chi connectivity index (χ4n) is 2.79. The van der Waals surface area contributed by atoms with Gasteiger partial charge in [0.1, 0.15) is 0 Å². The number of rotatable bonds is 10. The van der Waals surface area contributed by atoms with Crippen molar-refractivity contribution in [1.29, 1.82) is 0 Å². The van der Waals surface area contributed by atoms with Crippen molar-refractivity contribution in [1.82, 2.24) is 20.8 Å². The van der Waals surface area contributed by atoms with Gasteiger partial charge in [0.15, 0.2) is 0 Å². The lowest BCUT2D eigenvalue weighted by Crippen LogP contribution is -2.33. The van der Waals surface area contributed by atoms with Crippen molar-refractivity contribution >= 4 is 0 Å². The molecule has 0 aromatic carbocycles. The zero-order valence-corrected chi connectivity index (χ0v) is 12.9. The monoisotopic (exact) mass is 295 g/mol. The van der Waals surface area contributed by atoms with Crippen molar-refractivity contribution in [2.45, 2.75) is 64.0 Å². The Morgan fingerprint density at radius 3 is 2.52 bits per heavy atom. The van der Waals surface area contributed by atoms with Crippen LogP contribution >= 0.6 is 0 Å². The number of hydrogen-bond donors (Lipinski definition) is 3. The molecule has 0 bridgehead atoms. The first-order valence-electron chi connectivity index (χ1n) is 8.34. The number of hydrogen-bond acceptors (Lipinski definition) is 6. The first-order valence-corrected chi connectivity index (χ1v) is 8.34. The van der Waals surface area contributed by atoms with E-state index in [1.54, 1.807) is 0 Å². The van der Waals surface area contributed by atoms with Crippen molar-refractivity contribution in [2.75, 3.05) is 19.6 Å². The summed E-state index contributed by atoms with van der Waals surface area (Å²) in [5, 5.41) is 14.9. The largest absolute Gasteiger partial charge is 0.424 e. The molecule has 0 amide bonds. The third kappa shape index (κ3) is 6.54. The molecule has 0 unspecified atom stereocenters. The van der Waals surface area contributed by atoms with Crippen LogP contribution < -0.4 is 16.4 Å². The van der Waals surface area contributed by atoms with E-state index >= 15 is 0 Å². The van der Waals surface area contributed by atoms with Crippen molar-refractivity contribution in [3.05, 3.63) is 11.8 Å². The van der Waals surface area contributed by atoms with E-state index in [0.717, 1.165) is 38.5 Å². The van der Waals surface area contributed by atoms with E-state index in [1.165, 1.54) is 38.5 Å². The van der Waals surface area contributed by atoms with E-state index < -0.39 is 0 Å². The molecule has 0 radical (unpaired) electrons. The van der Waals surface area contributed by atoms with Gasteiger partial charge in [-0.15, -0.1) is 10.2 Å². The molecule has 1 aliphatic rings. The van der Waals surface area contributed by atoms with E-state index in [0.29, 0.717) is 18.3 Å². The normalized spacial score (nSPS) is 16.4. The molecule has 6 heteroatoms. The smallest absolute Gasteiger partial charge is 0.230 e. The minimum Gasteiger partial charge on any atom is -0.424 e. The molecule has 0 aliphatic heterocycles. The van der Waals surface area contributed by atoms with Crippen LogP contribution in [0.1, 0.15) is 56.7 Å². The van der Waals surface area contributed by atoms with Crippen LogP contribution in [0.3, 0.4) is 0 Å². The first kappa shape index (κ1) is 16.4. The maximum absolute atomic E-state index is 5.43. The minimum atomic E-state index is 0.319.